The molecular formula is C24H26N4O3. The molecule has 3 rings (SSSR count). The van der Waals surface area contributed by atoms with Crippen molar-refractivity contribution >= 4 is 23.3 Å². The lowest BCUT2D eigenvalue weighted by atomic mass is 10.1. The van der Waals surface area contributed by atoms with Crippen LogP contribution in [0.2, 0.25) is 0 Å². The van der Waals surface area contributed by atoms with Gasteiger partial charge in [-0.1, -0.05) is 30.3 Å². The Morgan fingerprint density at radius 2 is 1.58 bits per heavy atom. The largest absolute Gasteiger partial charge is 0.497 e. The van der Waals surface area contributed by atoms with Crippen molar-refractivity contribution in [2.75, 3.05) is 24.8 Å². The maximum atomic E-state index is 12.6. The molecule has 0 saturated heterocycles. The van der Waals surface area contributed by atoms with E-state index in [0.717, 1.165) is 23.4 Å². The maximum absolute atomic E-state index is 12.6. The Labute approximate surface area is 181 Å². The number of anilines is 2. The zero-order valence-corrected chi connectivity index (χ0v) is 17.6. The Bertz CT molecular complexity index is 1040. The van der Waals surface area contributed by atoms with E-state index >= 15 is 0 Å². The van der Waals surface area contributed by atoms with Crippen molar-refractivity contribution in [3.63, 3.8) is 0 Å². The van der Waals surface area contributed by atoms with E-state index in [0.29, 0.717) is 17.0 Å². The second-order valence-electron chi connectivity index (χ2n) is 6.92. The van der Waals surface area contributed by atoms with Crippen LogP contribution >= 0.6 is 0 Å². The van der Waals surface area contributed by atoms with Crippen LogP contribution in [0.15, 0.2) is 72.8 Å². The van der Waals surface area contributed by atoms with Crippen LogP contribution in [0.4, 0.5) is 16.2 Å². The number of hydrogen-bond acceptors (Lipinski definition) is 4. The molecule has 3 amide bonds. The van der Waals surface area contributed by atoms with E-state index in [1.807, 2.05) is 37.4 Å². The quantitative estimate of drug-likeness (QED) is 0.445. The topological polar surface area (TPSA) is 91.5 Å². The van der Waals surface area contributed by atoms with E-state index in [9.17, 15) is 9.59 Å². The Morgan fingerprint density at radius 1 is 0.806 bits per heavy atom. The average molecular weight is 418 g/mol. The number of urea groups is 1. The van der Waals surface area contributed by atoms with Gasteiger partial charge in [-0.3, -0.25) is 4.79 Å². The summed E-state index contributed by atoms with van der Waals surface area (Å²) in [4.78, 5) is 24.8. The van der Waals surface area contributed by atoms with E-state index in [-0.39, 0.29) is 18.5 Å². The van der Waals surface area contributed by atoms with Crippen molar-refractivity contribution < 1.29 is 14.3 Å². The summed E-state index contributed by atoms with van der Waals surface area (Å²) in [5.74, 6) is 0.456. The van der Waals surface area contributed by atoms with Gasteiger partial charge >= 0.3 is 6.03 Å². The highest BCUT2D eigenvalue weighted by Crippen LogP contribution is 2.16. The van der Waals surface area contributed by atoms with E-state index < -0.39 is 0 Å². The molecule has 3 aromatic rings. The fourth-order valence-corrected chi connectivity index (χ4v) is 2.99. The third-order valence-corrected chi connectivity index (χ3v) is 4.56. The molecule has 0 spiro atoms. The normalized spacial score (nSPS) is 10.3. The number of methoxy groups -OCH3 is 1. The molecule has 4 N–H and O–H groups in total. The molecule has 0 radical (unpaired) electrons. The van der Waals surface area contributed by atoms with Crippen LogP contribution in [0.5, 0.6) is 5.75 Å². The highest BCUT2D eigenvalue weighted by Gasteiger charge is 2.08. The third kappa shape index (κ3) is 6.58. The fraction of sp³-hybridized carbons (Fsp3) is 0.167. The smallest absolute Gasteiger partial charge is 0.319 e. The summed E-state index contributed by atoms with van der Waals surface area (Å²) in [6.45, 7) is 1.06. The van der Waals surface area contributed by atoms with Gasteiger partial charge in [0.2, 0.25) is 0 Å². The molecule has 0 aromatic heterocycles. The zero-order chi connectivity index (χ0) is 22.1. The minimum absolute atomic E-state index is 0.205. The van der Waals surface area contributed by atoms with Gasteiger partial charge in [-0.2, -0.15) is 0 Å². The molecule has 0 saturated carbocycles. The predicted molar refractivity (Wildman–Crippen MR) is 122 cm³/mol. The van der Waals surface area contributed by atoms with Gasteiger partial charge in [0.25, 0.3) is 5.91 Å². The van der Waals surface area contributed by atoms with Gasteiger partial charge in [0.05, 0.1) is 7.11 Å². The zero-order valence-electron chi connectivity index (χ0n) is 17.6. The van der Waals surface area contributed by atoms with Gasteiger partial charge in [-0.15, -0.1) is 0 Å². The van der Waals surface area contributed by atoms with Gasteiger partial charge in [0.15, 0.2) is 0 Å². The Balaban J connectivity index is 1.55. The molecule has 0 atom stereocenters. The van der Waals surface area contributed by atoms with Crippen molar-refractivity contribution in [3.8, 4) is 5.75 Å². The van der Waals surface area contributed by atoms with Gasteiger partial charge in [-0.25, -0.2) is 4.79 Å². The van der Waals surface area contributed by atoms with Crippen LogP contribution in [0.25, 0.3) is 0 Å². The first kappa shape index (κ1) is 21.9. The number of benzene rings is 3. The van der Waals surface area contributed by atoms with Crippen molar-refractivity contribution in [2.45, 2.75) is 13.1 Å². The van der Waals surface area contributed by atoms with Crippen molar-refractivity contribution in [3.05, 3.63) is 89.5 Å². The summed E-state index contributed by atoms with van der Waals surface area (Å²) in [5, 5.41) is 11.5. The van der Waals surface area contributed by atoms with E-state index in [1.165, 1.54) is 0 Å². The third-order valence-electron chi connectivity index (χ3n) is 4.56. The second kappa shape index (κ2) is 10.8. The number of nitrogens with one attached hydrogen (secondary N) is 4. The molecular weight excluding hydrogens is 392 g/mol. The van der Waals surface area contributed by atoms with Gasteiger partial charge in [0, 0.05) is 36.1 Å². The Morgan fingerprint density at radius 3 is 2.32 bits per heavy atom. The number of rotatable bonds is 8. The summed E-state index contributed by atoms with van der Waals surface area (Å²) >= 11 is 0. The van der Waals surface area contributed by atoms with Crippen LogP contribution in [-0.4, -0.2) is 26.1 Å². The van der Waals surface area contributed by atoms with Crippen LogP contribution in [0.1, 0.15) is 21.5 Å². The Kier molecular flexibility index (Phi) is 7.61. The lowest BCUT2D eigenvalue weighted by molar-refractivity contribution is 0.102. The predicted octanol–water partition coefficient (Wildman–Crippen LogP) is 3.99. The summed E-state index contributed by atoms with van der Waals surface area (Å²) in [6.07, 6.45) is 0. The van der Waals surface area contributed by atoms with Crippen LogP contribution in [0.3, 0.4) is 0 Å². The molecule has 0 aliphatic heterocycles. The summed E-state index contributed by atoms with van der Waals surface area (Å²) in [5.41, 5.74) is 3.84. The number of carbonyl (C=O) groups excluding carboxylic acids is 2. The molecule has 7 heteroatoms. The Hall–Kier alpha value is -3.84. The maximum Gasteiger partial charge on any atom is 0.319 e. The molecule has 31 heavy (non-hydrogen) atoms. The lowest BCUT2D eigenvalue weighted by Crippen LogP contribution is -2.28. The molecule has 0 bridgehead atoms. The lowest BCUT2D eigenvalue weighted by Gasteiger charge is -2.10. The summed E-state index contributed by atoms with van der Waals surface area (Å²) in [7, 11) is 3.46. The van der Waals surface area contributed by atoms with Crippen molar-refractivity contribution in [1.82, 2.24) is 10.6 Å². The molecule has 0 aliphatic rings. The molecule has 160 valence electrons. The molecule has 0 unspecified atom stereocenters. The number of amides is 3. The molecule has 3 aromatic carbocycles. The summed E-state index contributed by atoms with van der Waals surface area (Å²) in [6, 6.07) is 21.6. The second-order valence-corrected chi connectivity index (χ2v) is 6.92. The first-order chi connectivity index (χ1) is 15.1. The molecule has 7 nitrogen and oxygen atoms in total. The van der Waals surface area contributed by atoms with Crippen LogP contribution in [0, 0.1) is 0 Å². The van der Waals surface area contributed by atoms with Crippen LogP contribution < -0.4 is 26.0 Å². The number of hydrogen-bond donors (Lipinski definition) is 4. The van der Waals surface area contributed by atoms with Gasteiger partial charge in [-0.05, 0) is 54.6 Å². The van der Waals surface area contributed by atoms with Crippen molar-refractivity contribution in [2.24, 2.45) is 0 Å². The highest BCUT2D eigenvalue weighted by atomic mass is 16.5. The summed E-state index contributed by atoms with van der Waals surface area (Å²) < 4.78 is 5.15. The monoisotopic (exact) mass is 418 g/mol. The molecule has 0 fully saturated rings. The minimum atomic E-state index is -0.343. The standard InChI is InChI=1S/C24H26N4O3/c1-25-15-17-9-11-20(12-10-17)27-23(29)19-6-3-5-18(13-19)16-26-24(30)28-21-7-4-8-22(14-21)31-2/h3-14,25H,15-16H2,1-2H3,(H,27,29)(H2,26,28,30). The first-order valence-corrected chi connectivity index (χ1v) is 9.90. The van der Waals surface area contributed by atoms with E-state index in [1.54, 1.807) is 49.6 Å². The first-order valence-electron chi connectivity index (χ1n) is 9.90. The average Bonchev–Trinajstić information content (AvgIpc) is 2.79. The number of carbonyl (C=O) groups is 2. The molecule has 0 heterocycles. The minimum Gasteiger partial charge on any atom is -0.497 e. The number of ether oxygens (including phenoxy) is 1. The van der Waals surface area contributed by atoms with E-state index in [2.05, 4.69) is 21.3 Å². The van der Waals surface area contributed by atoms with Gasteiger partial charge < -0.3 is 26.0 Å². The van der Waals surface area contributed by atoms with E-state index in [4.69, 9.17) is 4.74 Å². The fourth-order valence-electron chi connectivity index (χ4n) is 2.99. The van der Waals surface area contributed by atoms with Gasteiger partial charge in [0.1, 0.15) is 5.75 Å². The van der Waals surface area contributed by atoms with Crippen molar-refractivity contribution in [1.29, 1.82) is 0 Å². The molecule has 0 aliphatic carbocycles. The SMILES string of the molecule is CNCc1ccc(NC(=O)c2cccc(CNC(=O)Nc3cccc(OC)c3)c2)cc1. The highest BCUT2D eigenvalue weighted by molar-refractivity contribution is 6.04. The van der Waals surface area contributed by atoms with Crippen LogP contribution in [-0.2, 0) is 13.1 Å².